The first-order valence-corrected chi connectivity index (χ1v) is 9.36. The maximum Gasteiger partial charge on any atom is 0.144 e. The standard InChI is InChI=1S/C21H28N4O/c1-4-26-21-13-19(24-18-9-8-16(22)14(2)15(18)3)20(12-17(21)23)25-10-6-5-7-11-25/h8-9,12-13,22H,4-7,10-11,23H2,1-3H3. The Morgan fingerprint density at radius 3 is 2.54 bits per heavy atom. The van der Waals surface area contributed by atoms with Crippen LogP contribution < -0.4 is 15.4 Å². The zero-order valence-corrected chi connectivity index (χ0v) is 15.9. The van der Waals surface area contributed by atoms with Crippen molar-refractivity contribution in [3.63, 3.8) is 0 Å². The van der Waals surface area contributed by atoms with Crippen molar-refractivity contribution < 1.29 is 4.74 Å². The maximum absolute atomic E-state index is 7.97. The van der Waals surface area contributed by atoms with Crippen LogP contribution in [0.1, 0.15) is 40.0 Å². The lowest BCUT2D eigenvalue weighted by Gasteiger charge is -2.30. The van der Waals surface area contributed by atoms with Crippen LogP contribution in [0.5, 0.6) is 5.75 Å². The molecule has 1 fully saturated rings. The van der Waals surface area contributed by atoms with Gasteiger partial charge in [0.15, 0.2) is 0 Å². The number of benzene rings is 1. The normalized spacial score (nSPS) is 19.4. The fourth-order valence-electron chi connectivity index (χ4n) is 3.39. The van der Waals surface area contributed by atoms with Crippen molar-refractivity contribution in [3.05, 3.63) is 35.4 Å². The molecule has 2 aliphatic rings. The molecule has 0 spiro atoms. The van der Waals surface area contributed by atoms with Crippen LogP contribution in [-0.4, -0.2) is 31.1 Å². The van der Waals surface area contributed by atoms with Gasteiger partial charge in [-0.25, -0.2) is 4.99 Å². The Morgan fingerprint density at radius 1 is 1.12 bits per heavy atom. The molecule has 1 saturated heterocycles. The third-order valence-corrected chi connectivity index (χ3v) is 5.10. The molecular formula is C21H28N4O. The molecule has 0 radical (unpaired) electrons. The van der Waals surface area contributed by atoms with E-state index >= 15 is 0 Å². The number of rotatable bonds is 4. The predicted octanol–water partition coefficient (Wildman–Crippen LogP) is 4.66. The largest absolute Gasteiger partial charge is 0.492 e. The number of anilines is 2. The van der Waals surface area contributed by atoms with E-state index in [-0.39, 0.29) is 0 Å². The zero-order chi connectivity index (χ0) is 18.7. The highest BCUT2D eigenvalue weighted by atomic mass is 16.5. The molecule has 0 atom stereocenters. The lowest BCUT2D eigenvalue weighted by Crippen LogP contribution is -2.29. The molecule has 0 saturated carbocycles. The lowest BCUT2D eigenvalue weighted by molar-refractivity contribution is 0.342. The SMILES string of the molecule is CCOc1cc(N=C2C=CC(=N)C(C)=C2C)c(N2CCCCC2)cc1N. The van der Waals surface area contributed by atoms with Crippen LogP contribution in [0.15, 0.2) is 40.4 Å². The Labute approximate surface area is 155 Å². The van der Waals surface area contributed by atoms with Crippen molar-refractivity contribution >= 4 is 28.5 Å². The first kappa shape index (κ1) is 18.2. The maximum atomic E-state index is 7.97. The fourth-order valence-corrected chi connectivity index (χ4v) is 3.39. The fraction of sp³-hybridized carbons (Fsp3) is 0.429. The highest BCUT2D eigenvalue weighted by Gasteiger charge is 2.19. The van der Waals surface area contributed by atoms with Gasteiger partial charge in [0.05, 0.1) is 35.1 Å². The van der Waals surface area contributed by atoms with E-state index in [0.29, 0.717) is 23.8 Å². The topological polar surface area (TPSA) is 74.7 Å². The van der Waals surface area contributed by atoms with E-state index in [9.17, 15) is 0 Å². The molecule has 1 aromatic rings. The van der Waals surface area contributed by atoms with Gasteiger partial charge in [0.2, 0.25) is 0 Å². The second-order valence-corrected chi connectivity index (χ2v) is 6.85. The lowest BCUT2D eigenvalue weighted by atomic mass is 9.96. The zero-order valence-electron chi connectivity index (χ0n) is 15.9. The molecular weight excluding hydrogens is 324 g/mol. The van der Waals surface area contributed by atoms with Crippen LogP contribution in [0.2, 0.25) is 0 Å². The molecule has 3 N–H and O–H groups in total. The molecule has 0 aromatic heterocycles. The number of allylic oxidation sites excluding steroid dienone is 4. The smallest absolute Gasteiger partial charge is 0.144 e. The van der Waals surface area contributed by atoms with E-state index in [1.807, 2.05) is 45.1 Å². The van der Waals surface area contributed by atoms with Crippen molar-refractivity contribution in [1.29, 1.82) is 5.41 Å². The summed E-state index contributed by atoms with van der Waals surface area (Å²) in [7, 11) is 0. The van der Waals surface area contributed by atoms with E-state index in [0.717, 1.165) is 41.3 Å². The first-order chi connectivity index (χ1) is 12.5. The molecule has 5 heteroatoms. The molecule has 26 heavy (non-hydrogen) atoms. The monoisotopic (exact) mass is 352 g/mol. The minimum atomic E-state index is 0.546. The Kier molecular flexibility index (Phi) is 5.45. The Morgan fingerprint density at radius 2 is 1.85 bits per heavy atom. The predicted molar refractivity (Wildman–Crippen MR) is 110 cm³/mol. The second-order valence-electron chi connectivity index (χ2n) is 6.85. The molecule has 1 aliphatic heterocycles. The minimum Gasteiger partial charge on any atom is -0.492 e. The molecule has 0 amide bonds. The van der Waals surface area contributed by atoms with Crippen molar-refractivity contribution in [3.8, 4) is 5.75 Å². The highest BCUT2D eigenvalue weighted by molar-refractivity contribution is 6.23. The van der Waals surface area contributed by atoms with Gasteiger partial charge in [-0.3, -0.25) is 0 Å². The van der Waals surface area contributed by atoms with Gasteiger partial charge in [-0.1, -0.05) is 0 Å². The van der Waals surface area contributed by atoms with Gasteiger partial charge in [0.25, 0.3) is 0 Å². The van der Waals surface area contributed by atoms with Gasteiger partial charge in [0.1, 0.15) is 5.75 Å². The van der Waals surface area contributed by atoms with Gasteiger partial charge in [-0.15, -0.1) is 0 Å². The van der Waals surface area contributed by atoms with Crippen LogP contribution in [-0.2, 0) is 0 Å². The average molecular weight is 352 g/mol. The van der Waals surface area contributed by atoms with Crippen LogP contribution >= 0.6 is 0 Å². The van der Waals surface area contributed by atoms with Crippen molar-refractivity contribution in [2.45, 2.75) is 40.0 Å². The summed E-state index contributed by atoms with van der Waals surface area (Å²) in [5.41, 5.74) is 12.3. The molecule has 0 unspecified atom stereocenters. The van der Waals surface area contributed by atoms with Crippen molar-refractivity contribution in [2.75, 3.05) is 30.3 Å². The summed E-state index contributed by atoms with van der Waals surface area (Å²) in [4.78, 5) is 7.31. The number of nitrogens with zero attached hydrogens (tertiary/aromatic N) is 2. The summed E-state index contributed by atoms with van der Waals surface area (Å²) in [6.45, 7) is 8.57. The minimum absolute atomic E-state index is 0.546. The number of aliphatic imine (C=N–C) groups is 1. The summed E-state index contributed by atoms with van der Waals surface area (Å²) in [6.07, 6.45) is 7.39. The molecule has 1 aromatic carbocycles. The van der Waals surface area contributed by atoms with E-state index in [2.05, 4.69) is 4.90 Å². The number of hydrogen-bond donors (Lipinski definition) is 2. The van der Waals surface area contributed by atoms with Gasteiger partial charge >= 0.3 is 0 Å². The molecule has 1 aliphatic carbocycles. The van der Waals surface area contributed by atoms with Crippen LogP contribution in [0.3, 0.4) is 0 Å². The number of nitrogens with two attached hydrogens (primary N) is 1. The van der Waals surface area contributed by atoms with E-state index in [1.54, 1.807) is 0 Å². The second kappa shape index (κ2) is 7.77. The van der Waals surface area contributed by atoms with Gasteiger partial charge in [-0.05, 0) is 69.4 Å². The number of nitrogens with one attached hydrogen (secondary N) is 1. The van der Waals surface area contributed by atoms with E-state index in [4.69, 9.17) is 20.9 Å². The Bertz CT molecular complexity index is 798. The van der Waals surface area contributed by atoms with Crippen LogP contribution in [0.25, 0.3) is 0 Å². The quantitative estimate of drug-likeness (QED) is 0.611. The average Bonchev–Trinajstić information content (AvgIpc) is 2.65. The number of hydrogen-bond acceptors (Lipinski definition) is 5. The van der Waals surface area contributed by atoms with Gasteiger partial charge in [-0.2, -0.15) is 0 Å². The molecule has 138 valence electrons. The summed E-state index contributed by atoms with van der Waals surface area (Å²) in [5.74, 6) is 0.679. The summed E-state index contributed by atoms with van der Waals surface area (Å²) >= 11 is 0. The molecule has 3 rings (SSSR count). The van der Waals surface area contributed by atoms with Crippen LogP contribution in [0, 0.1) is 5.41 Å². The Balaban J connectivity index is 2.08. The number of piperidine rings is 1. The number of nitrogen functional groups attached to an aromatic ring is 1. The Hall–Kier alpha value is -2.56. The summed E-state index contributed by atoms with van der Waals surface area (Å²) in [5, 5.41) is 7.97. The van der Waals surface area contributed by atoms with E-state index < -0.39 is 0 Å². The van der Waals surface area contributed by atoms with Crippen LogP contribution in [0.4, 0.5) is 17.1 Å². The summed E-state index contributed by atoms with van der Waals surface area (Å²) in [6, 6.07) is 3.95. The third-order valence-electron chi connectivity index (χ3n) is 5.10. The molecule has 5 nitrogen and oxygen atoms in total. The summed E-state index contributed by atoms with van der Waals surface area (Å²) < 4.78 is 5.70. The highest BCUT2D eigenvalue weighted by Crippen LogP contribution is 2.39. The van der Waals surface area contributed by atoms with Gasteiger partial charge < -0.3 is 20.8 Å². The van der Waals surface area contributed by atoms with Crippen molar-refractivity contribution in [2.24, 2.45) is 4.99 Å². The molecule has 0 bridgehead atoms. The molecule has 1 heterocycles. The van der Waals surface area contributed by atoms with E-state index in [1.165, 1.54) is 19.3 Å². The van der Waals surface area contributed by atoms with Crippen molar-refractivity contribution in [1.82, 2.24) is 0 Å². The third kappa shape index (κ3) is 3.66. The first-order valence-electron chi connectivity index (χ1n) is 9.36. The van der Waals surface area contributed by atoms with Gasteiger partial charge in [0, 0.05) is 19.2 Å². The number of ether oxygens (including phenoxy) is 1.